The highest BCUT2D eigenvalue weighted by molar-refractivity contribution is 7.13. The maximum absolute atomic E-state index is 12.6. The highest BCUT2D eigenvalue weighted by Gasteiger charge is 2.27. The minimum Gasteiger partial charge on any atom is -0.280 e. The van der Waals surface area contributed by atoms with Gasteiger partial charge in [0.05, 0.1) is 15.9 Å². The largest absolute Gasteiger partial charge is 0.332 e. The summed E-state index contributed by atoms with van der Waals surface area (Å²) in [5, 5.41) is 13.4. The zero-order chi connectivity index (χ0) is 16.9. The Bertz CT molecular complexity index is 1060. The first kappa shape index (κ1) is 15.1. The van der Waals surface area contributed by atoms with Gasteiger partial charge in [-0.3, -0.25) is 24.0 Å². The number of nitrogens with zero attached hydrogens (tertiary/aromatic N) is 4. The van der Waals surface area contributed by atoms with Gasteiger partial charge in [-0.2, -0.15) is 0 Å². The molecule has 0 bridgehead atoms. The number of rotatable bonds is 2. The average Bonchev–Trinajstić information content (AvgIpc) is 3.03. The van der Waals surface area contributed by atoms with Crippen molar-refractivity contribution in [1.82, 2.24) is 14.1 Å². The minimum absolute atomic E-state index is 0.0781. The quantitative estimate of drug-likeness (QED) is 0.524. The first-order chi connectivity index (χ1) is 10.8. The number of nitro groups is 1. The summed E-state index contributed by atoms with van der Waals surface area (Å²) in [5.74, 6) is 0. The number of hydrogen-bond acceptors (Lipinski definition) is 6. The summed E-state index contributed by atoms with van der Waals surface area (Å²) in [6.07, 6.45) is 0. The molecule has 0 N–H and O–H groups in total. The van der Waals surface area contributed by atoms with Gasteiger partial charge in [-0.15, -0.1) is 11.3 Å². The lowest BCUT2D eigenvalue weighted by molar-refractivity contribution is -0.384. The molecule has 23 heavy (non-hydrogen) atoms. The van der Waals surface area contributed by atoms with Crippen LogP contribution in [0.1, 0.15) is 5.69 Å². The fourth-order valence-corrected chi connectivity index (χ4v) is 3.36. The van der Waals surface area contributed by atoms with E-state index in [1.807, 2.05) is 0 Å². The van der Waals surface area contributed by atoms with Gasteiger partial charge in [0.25, 0.3) is 11.2 Å². The molecule has 0 amide bonds. The maximum Gasteiger partial charge on any atom is 0.332 e. The van der Waals surface area contributed by atoms with Gasteiger partial charge in [-0.05, 0) is 18.4 Å². The van der Waals surface area contributed by atoms with Crippen molar-refractivity contribution in [2.75, 3.05) is 0 Å². The van der Waals surface area contributed by atoms with Crippen LogP contribution < -0.4 is 11.2 Å². The molecule has 0 aliphatic rings. The molecule has 3 aromatic heterocycles. The van der Waals surface area contributed by atoms with Crippen LogP contribution in [-0.4, -0.2) is 19.0 Å². The monoisotopic (exact) mass is 332 g/mol. The number of thiophene rings is 1. The lowest BCUT2D eigenvalue weighted by Crippen LogP contribution is -2.37. The summed E-state index contributed by atoms with van der Waals surface area (Å²) in [4.78, 5) is 40.4. The average molecular weight is 332 g/mol. The van der Waals surface area contributed by atoms with E-state index in [-0.39, 0.29) is 28.0 Å². The number of aryl methyl sites for hydroxylation is 2. The van der Waals surface area contributed by atoms with Crippen molar-refractivity contribution >= 4 is 28.1 Å². The van der Waals surface area contributed by atoms with Crippen molar-refractivity contribution in [2.24, 2.45) is 14.1 Å². The van der Waals surface area contributed by atoms with Crippen LogP contribution in [-0.2, 0) is 14.1 Å². The molecule has 0 aliphatic heterocycles. The number of fused-ring (bicyclic) bond motifs is 1. The second kappa shape index (κ2) is 5.13. The molecule has 0 aromatic carbocycles. The molecule has 0 fully saturated rings. The first-order valence-electron chi connectivity index (χ1n) is 6.63. The third-order valence-corrected chi connectivity index (χ3v) is 4.57. The van der Waals surface area contributed by atoms with Gasteiger partial charge >= 0.3 is 5.69 Å². The minimum atomic E-state index is -0.595. The molecule has 118 valence electrons. The van der Waals surface area contributed by atoms with Gasteiger partial charge in [-0.25, -0.2) is 9.78 Å². The molecule has 0 saturated carbocycles. The molecule has 8 nitrogen and oxygen atoms in total. The summed E-state index contributed by atoms with van der Waals surface area (Å²) < 4.78 is 2.16. The first-order valence-corrected chi connectivity index (χ1v) is 7.51. The highest BCUT2D eigenvalue weighted by Crippen LogP contribution is 2.38. The van der Waals surface area contributed by atoms with Gasteiger partial charge in [0, 0.05) is 19.0 Å². The van der Waals surface area contributed by atoms with E-state index in [4.69, 9.17) is 0 Å². The molecule has 0 saturated heterocycles. The summed E-state index contributed by atoms with van der Waals surface area (Å²) in [6.45, 7) is 1.50. The van der Waals surface area contributed by atoms with E-state index in [9.17, 15) is 19.7 Å². The third-order valence-electron chi connectivity index (χ3n) is 3.69. The predicted octanol–water partition coefficient (Wildman–Crippen LogP) is 1.58. The van der Waals surface area contributed by atoms with Crippen LogP contribution in [0.4, 0.5) is 5.69 Å². The Balaban J connectivity index is 2.71. The summed E-state index contributed by atoms with van der Waals surface area (Å²) in [6, 6.07) is 3.45. The smallest absolute Gasteiger partial charge is 0.280 e. The summed E-state index contributed by atoms with van der Waals surface area (Å²) >= 11 is 1.29. The van der Waals surface area contributed by atoms with Crippen LogP contribution in [0, 0.1) is 17.0 Å². The van der Waals surface area contributed by atoms with E-state index < -0.39 is 16.2 Å². The zero-order valence-corrected chi connectivity index (χ0v) is 13.4. The maximum atomic E-state index is 12.6. The number of aromatic nitrogens is 3. The van der Waals surface area contributed by atoms with Crippen molar-refractivity contribution in [3.63, 3.8) is 0 Å². The lowest BCUT2D eigenvalue weighted by atomic mass is 10.1. The molecule has 0 unspecified atom stereocenters. The second-order valence-electron chi connectivity index (χ2n) is 5.06. The number of hydrogen-bond donors (Lipinski definition) is 0. The van der Waals surface area contributed by atoms with Gasteiger partial charge < -0.3 is 0 Å². The molecule has 3 aromatic rings. The SMILES string of the molecule is Cc1nc2c(c(-c3cccs3)c1[N+](=O)[O-])c(=O)n(C)c(=O)n2C. The highest BCUT2D eigenvalue weighted by atomic mass is 32.1. The predicted molar refractivity (Wildman–Crippen MR) is 86.9 cm³/mol. The molecule has 3 heterocycles. The Morgan fingerprint density at radius 3 is 2.52 bits per heavy atom. The van der Waals surface area contributed by atoms with Crippen molar-refractivity contribution in [2.45, 2.75) is 6.92 Å². The van der Waals surface area contributed by atoms with Crippen LogP contribution in [0.2, 0.25) is 0 Å². The Morgan fingerprint density at radius 1 is 1.26 bits per heavy atom. The molecule has 0 radical (unpaired) electrons. The van der Waals surface area contributed by atoms with Crippen molar-refractivity contribution in [1.29, 1.82) is 0 Å². The normalized spacial score (nSPS) is 11.1. The molecular weight excluding hydrogens is 320 g/mol. The molecule has 9 heteroatoms. The molecule has 0 aliphatic carbocycles. The Kier molecular flexibility index (Phi) is 3.37. The van der Waals surface area contributed by atoms with E-state index >= 15 is 0 Å². The third kappa shape index (κ3) is 2.08. The van der Waals surface area contributed by atoms with E-state index in [1.165, 1.54) is 36.9 Å². The van der Waals surface area contributed by atoms with Crippen molar-refractivity contribution < 1.29 is 4.92 Å². The van der Waals surface area contributed by atoms with Gasteiger partial charge in [0.15, 0.2) is 5.65 Å². The van der Waals surface area contributed by atoms with Gasteiger partial charge in [0.2, 0.25) is 0 Å². The standard InChI is InChI=1S/C14H12N4O4S/c1-7-11(18(21)22)9(8-5-4-6-23-8)10-12(15-7)16(2)14(20)17(3)13(10)19/h4-6H,1-3H3. The van der Waals surface area contributed by atoms with Crippen molar-refractivity contribution in [3.8, 4) is 10.4 Å². The van der Waals surface area contributed by atoms with Crippen LogP contribution in [0.25, 0.3) is 21.5 Å². The van der Waals surface area contributed by atoms with E-state index in [0.717, 1.165) is 4.57 Å². The Hall–Kier alpha value is -2.81. The summed E-state index contributed by atoms with van der Waals surface area (Å²) in [7, 11) is 2.83. The molecule has 3 rings (SSSR count). The van der Waals surface area contributed by atoms with E-state index in [2.05, 4.69) is 4.98 Å². The van der Waals surface area contributed by atoms with Crippen LogP contribution in [0.5, 0.6) is 0 Å². The molecule has 0 spiro atoms. The fraction of sp³-hybridized carbons (Fsp3) is 0.214. The van der Waals surface area contributed by atoms with E-state index in [0.29, 0.717) is 4.88 Å². The van der Waals surface area contributed by atoms with Gasteiger partial charge in [-0.1, -0.05) is 6.07 Å². The van der Waals surface area contributed by atoms with Crippen LogP contribution in [0.3, 0.4) is 0 Å². The topological polar surface area (TPSA) is 100 Å². The molecular formula is C14H12N4O4S. The Labute approximate surface area is 133 Å². The van der Waals surface area contributed by atoms with Crippen LogP contribution >= 0.6 is 11.3 Å². The Morgan fingerprint density at radius 2 is 1.96 bits per heavy atom. The summed E-state index contributed by atoms with van der Waals surface area (Å²) in [5.41, 5.74) is -0.819. The van der Waals surface area contributed by atoms with E-state index in [1.54, 1.807) is 17.5 Å². The van der Waals surface area contributed by atoms with Crippen molar-refractivity contribution in [3.05, 3.63) is 54.2 Å². The fourth-order valence-electron chi connectivity index (χ4n) is 2.58. The lowest BCUT2D eigenvalue weighted by Gasteiger charge is -2.11. The zero-order valence-electron chi connectivity index (χ0n) is 12.6. The van der Waals surface area contributed by atoms with Crippen LogP contribution in [0.15, 0.2) is 27.1 Å². The molecule has 0 atom stereocenters. The second-order valence-corrected chi connectivity index (χ2v) is 6.01. The number of pyridine rings is 1. The van der Waals surface area contributed by atoms with Gasteiger partial charge in [0.1, 0.15) is 5.69 Å².